The topological polar surface area (TPSA) is 0 Å². The maximum Gasteiger partial charge on any atom is 0.0940 e. The van der Waals surface area contributed by atoms with E-state index < -0.39 is 0 Å². The van der Waals surface area contributed by atoms with Crippen molar-refractivity contribution in [3.8, 4) is 0 Å². The van der Waals surface area contributed by atoms with Gasteiger partial charge in [-0.25, -0.2) is 0 Å². The van der Waals surface area contributed by atoms with Gasteiger partial charge in [0.2, 0.25) is 0 Å². The summed E-state index contributed by atoms with van der Waals surface area (Å²) in [6.45, 7) is 0. The number of fused-ring (bicyclic) bond motifs is 1. The molecule has 1 aromatic heterocycles. The van der Waals surface area contributed by atoms with Gasteiger partial charge in [-0.3, -0.25) is 0 Å². The van der Waals surface area contributed by atoms with Crippen LogP contribution >= 0.6 is 22.9 Å². The summed E-state index contributed by atoms with van der Waals surface area (Å²) in [4.78, 5) is 0. The van der Waals surface area contributed by atoms with Gasteiger partial charge in [-0.1, -0.05) is 17.7 Å². The van der Waals surface area contributed by atoms with Gasteiger partial charge in [-0.05, 0) is 29.7 Å². The van der Waals surface area contributed by atoms with Crippen molar-refractivity contribution < 1.29 is 0 Å². The van der Waals surface area contributed by atoms with E-state index in [2.05, 4.69) is 6.07 Å². The molecule has 1 heterocycles. The van der Waals surface area contributed by atoms with Crippen LogP contribution in [0.1, 0.15) is 0 Å². The molecule has 0 bridgehead atoms. The predicted molar refractivity (Wildman–Crippen MR) is 45.7 cm³/mol. The van der Waals surface area contributed by atoms with Crippen molar-refractivity contribution in [3.05, 3.63) is 34.7 Å². The first kappa shape index (κ1) is 6.20. The van der Waals surface area contributed by atoms with Crippen molar-refractivity contribution >= 4 is 33.0 Å². The van der Waals surface area contributed by atoms with Gasteiger partial charge in [-0.15, -0.1) is 11.3 Å². The third kappa shape index (κ3) is 0.917. The number of halogens is 1. The van der Waals surface area contributed by atoms with Crippen molar-refractivity contribution in [1.82, 2.24) is 0 Å². The third-order valence-electron chi connectivity index (χ3n) is 1.33. The quantitative estimate of drug-likeness (QED) is 0.565. The van der Waals surface area contributed by atoms with Gasteiger partial charge in [0, 0.05) is 4.70 Å². The van der Waals surface area contributed by atoms with E-state index >= 15 is 0 Å². The van der Waals surface area contributed by atoms with Crippen LogP contribution in [0.2, 0.25) is 4.34 Å². The minimum Gasteiger partial charge on any atom is -0.123 e. The summed E-state index contributed by atoms with van der Waals surface area (Å²) in [7, 11) is 0. The minimum atomic E-state index is 0.842. The Bertz CT molecular complexity index is 318. The monoisotopic (exact) mass is 167 g/mol. The molecule has 0 spiro atoms. The van der Waals surface area contributed by atoms with E-state index in [1.54, 1.807) is 11.3 Å². The third-order valence-corrected chi connectivity index (χ3v) is 2.58. The van der Waals surface area contributed by atoms with Crippen molar-refractivity contribution in [2.45, 2.75) is 0 Å². The number of hydrogen-bond donors (Lipinski definition) is 0. The fourth-order valence-electron chi connectivity index (χ4n) is 0.892. The smallest absolute Gasteiger partial charge is 0.0940 e. The highest BCUT2D eigenvalue weighted by Crippen LogP contribution is 2.28. The molecule has 0 aliphatic carbocycles. The Hall–Kier alpha value is -0.530. The largest absolute Gasteiger partial charge is 0.123 e. The Morgan fingerprint density at radius 3 is 3.20 bits per heavy atom. The van der Waals surface area contributed by atoms with E-state index in [1.807, 2.05) is 24.3 Å². The highest BCUT2D eigenvalue weighted by Gasteiger charge is 1.95. The first-order chi connectivity index (χ1) is 4.86. The van der Waals surface area contributed by atoms with E-state index in [0.717, 1.165) is 4.34 Å². The van der Waals surface area contributed by atoms with Crippen LogP contribution in [0.3, 0.4) is 0 Å². The van der Waals surface area contributed by atoms with Gasteiger partial charge >= 0.3 is 0 Å². The summed E-state index contributed by atoms with van der Waals surface area (Å²) in [6.07, 6.45) is 0. The van der Waals surface area contributed by atoms with E-state index in [1.165, 1.54) is 10.1 Å². The number of thiophene rings is 1. The molecule has 2 aromatic rings. The van der Waals surface area contributed by atoms with E-state index in [4.69, 9.17) is 11.6 Å². The van der Waals surface area contributed by atoms with Crippen LogP contribution in [0.15, 0.2) is 24.3 Å². The van der Waals surface area contributed by atoms with E-state index in [0.29, 0.717) is 0 Å². The number of benzene rings is 1. The molecule has 0 N–H and O–H groups in total. The van der Waals surface area contributed by atoms with Crippen LogP contribution in [-0.2, 0) is 0 Å². The number of rotatable bonds is 0. The van der Waals surface area contributed by atoms with Crippen molar-refractivity contribution in [1.29, 1.82) is 0 Å². The zero-order valence-electron chi connectivity index (χ0n) is 5.10. The molecule has 0 saturated carbocycles. The molecule has 2 heteroatoms. The van der Waals surface area contributed by atoms with Crippen LogP contribution in [0, 0.1) is 6.07 Å². The van der Waals surface area contributed by atoms with Crippen LogP contribution < -0.4 is 0 Å². The van der Waals surface area contributed by atoms with Crippen molar-refractivity contribution in [2.75, 3.05) is 0 Å². The summed E-state index contributed by atoms with van der Waals surface area (Å²) in [5, 5.41) is 1.18. The molecule has 49 valence electrons. The molecular formula is C8H4ClS. The fraction of sp³-hybridized carbons (Fsp3) is 0. The Labute approximate surface area is 68.1 Å². The molecule has 1 radical (unpaired) electrons. The van der Waals surface area contributed by atoms with Crippen molar-refractivity contribution in [3.63, 3.8) is 0 Å². The molecule has 0 aliphatic rings. The summed E-state index contributed by atoms with van der Waals surface area (Å²) in [6, 6.07) is 10.8. The molecule has 10 heavy (non-hydrogen) atoms. The lowest BCUT2D eigenvalue weighted by Gasteiger charge is -1.81. The zero-order chi connectivity index (χ0) is 6.97. The SMILES string of the molecule is Clc1cc2c[c]ccc2s1. The van der Waals surface area contributed by atoms with Gasteiger partial charge in [0.05, 0.1) is 4.34 Å². The second kappa shape index (κ2) is 2.26. The predicted octanol–water partition coefficient (Wildman–Crippen LogP) is 3.35. The van der Waals surface area contributed by atoms with Gasteiger partial charge in [0.15, 0.2) is 0 Å². The molecule has 0 amide bonds. The van der Waals surface area contributed by atoms with E-state index in [-0.39, 0.29) is 0 Å². The molecule has 0 unspecified atom stereocenters. The highest BCUT2D eigenvalue weighted by molar-refractivity contribution is 7.22. The van der Waals surface area contributed by atoms with Gasteiger partial charge < -0.3 is 0 Å². The summed E-state index contributed by atoms with van der Waals surface area (Å²) < 4.78 is 2.07. The lowest BCUT2D eigenvalue weighted by molar-refractivity contribution is 1.83. The average Bonchev–Trinajstić information content (AvgIpc) is 2.27. The zero-order valence-corrected chi connectivity index (χ0v) is 6.67. The highest BCUT2D eigenvalue weighted by atomic mass is 35.5. The van der Waals surface area contributed by atoms with Crippen LogP contribution in [-0.4, -0.2) is 0 Å². The molecule has 0 fully saturated rings. The molecule has 0 aliphatic heterocycles. The van der Waals surface area contributed by atoms with Crippen molar-refractivity contribution in [2.24, 2.45) is 0 Å². The lowest BCUT2D eigenvalue weighted by atomic mass is 10.3. The summed E-state index contributed by atoms with van der Waals surface area (Å²) in [5.41, 5.74) is 0. The first-order valence-electron chi connectivity index (χ1n) is 2.91. The standard InChI is InChI=1S/C8H4ClS/c9-8-5-6-3-1-2-4-7(6)10-8/h2-5H. The molecule has 2 rings (SSSR count). The second-order valence-electron chi connectivity index (χ2n) is 2.01. The van der Waals surface area contributed by atoms with Crippen LogP contribution in [0.5, 0.6) is 0 Å². The van der Waals surface area contributed by atoms with E-state index in [9.17, 15) is 0 Å². The molecule has 0 atom stereocenters. The Morgan fingerprint density at radius 1 is 1.50 bits per heavy atom. The molecule has 1 aromatic carbocycles. The number of hydrogen-bond acceptors (Lipinski definition) is 1. The molecule has 0 saturated heterocycles. The average molecular weight is 168 g/mol. The minimum absolute atomic E-state index is 0.842. The molecular weight excluding hydrogens is 164 g/mol. The maximum atomic E-state index is 5.79. The maximum absolute atomic E-state index is 5.79. The summed E-state index contributed by atoms with van der Waals surface area (Å²) in [5.74, 6) is 0. The normalized spacial score (nSPS) is 10.5. The Balaban J connectivity index is 2.88. The van der Waals surface area contributed by atoms with Crippen LogP contribution in [0.4, 0.5) is 0 Å². The van der Waals surface area contributed by atoms with Gasteiger partial charge in [0.25, 0.3) is 0 Å². The fourth-order valence-corrected chi connectivity index (χ4v) is 2.03. The first-order valence-corrected chi connectivity index (χ1v) is 4.11. The van der Waals surface area contributed by atoms with Gasteiger partial charge in [0.1, 0.15) is 0 Å². The Kier molecular flexibility index (Phi) is 1.40. The Morgan fingerprint density at radius 2 is 2.40 bits per heavy atom. The molecule has 0 nitrogen and oxygen atoms in total. The van der Waals surface area contributed by atoms with Crippen LogP contribution in [0.25, 0.3) is 10.1 Å². The summed E-state index contributed by atoms with van der Waals surface area (Å²) >= 11 is 7.39. The second-order valence-corrected chi connectivity index (χ2v) is 3.73. The lowest BCUT2D eigenvalue weighted by Crippen LogP contribution is -1.57. The van der Waals surface area contributed by atoms with Gasteiger partial charge in [-0.2, -0.15) is 0 Å².